The van der Waals surface area contributed by atoms with Crippen LogP contribution in [0.4, 0.5) is 10.5 Å². The number of methoxy groups -OCH3 is 2. The van der Waals surface area contributed by atoms with Gasteiger partial charge < -0.3 is 19.7 Å². The minimum Gasteiger partial charge on any atom is -0.497 e. The molecule has 0 aromatic heterocycles. The van der Waals surface area contributed by atoms with Crippen LogP contribution in [0.5, 0.6) is 5.75 Å². The number of nitrogens with zero attached hydrogens (tertiary/aromatic N) is 2. The maximum atomic E-state index is 12.9. The SMILES string of the molecule is COC(=O)C(=O)N1CCC2NC(=O)N(c3cccc(OC)c3)C(=O)C21. The number of hydrogen-bond acceptors (Lipinski definition) is 6. The minimum atomic E-state index is -1.04. The van der Waals surface area contributed by atoms with Crippen LogP contribution in [0.15, 0.2) is 24.3 Å². The van der Waals surface area contributed by atoms with Gasteiger partial charge in [0.05, 0.1) is 25.9 Å². The molecule has 9 nitrogen and oxygen atoms in total. The number of anilines is 1. The van der Waals surface area contributed by atoms with E-state index in [1.165, 1.54) is 7.11 Å². The lowest BCUT2D eigenvalue weighted by molar-refractivity contribution is -0.159. The molecule has 2 aliphatic rings. The average molecular weight is 347 g/mol. The summed E-state index contributed by atoms with van der Waals surface area (Å²) in [6.45, 7) is 0.182. The fraction of sp³-hybridized carbons (Fsp3) is 0.375. The normalized spacial score (nSPS) is 22.3. The summed E-state index contributed by atoms with van der Waals surface area (Å²) in [5.74, 6) is -2.03. The number of nitrogens with one attached hydrogen (secondary N) is 1. The second-order valence-corrected chi connectivity index (χ2v) is 5.65. The van der Waals surface area contributed by atoms with Gasteiger partial charge in [-0.1, -0.05) is 6.07 Å². The number of benzene rings is 1. The van der Waals surface area contributed by atoms with Crippen molar-refractivity contribution in [2.75, 3.05) is 25.7 Å². The Hall–Kier alpha value is -3.10. The quantitative estimate of drug-likeness (QED) is 0.591. The molecule has 2 atom stereocenters. The first-order valence-electron chi connectivity index (χ1n) is 7.65. The maximum Gasteiger partial charge on any atom is 0.396 e. The zero-order valence-corrected chi connectivity index (χ0v) is 13.7. The van der Waals surface area contributed by atoms with E-state index in [0.29, 0.717) is 17.9 Å². The lowest BCUT2D eigenvalue weighted by Crippen LogP contribution is -2.65. The standard InChI is InChI=1S/C16H17N3O6/c1-24-10-5-3-4-9(8-10)19-13(20)12-11(17-16(19)23)6-7-18(12)14(21)15(22)25-2/h3-5,8,11-12H,6-7H2,1-2H3,(H,17,23). The highest BCUT2D eigenvalue weighted by Gasteiger charge is 2.51. The van der Waals surface area contributed by atoms with Gasteiger partial charge in [-0.2, -0.15) is 0 Å². The van der Waals surface area contributed by atoms with Gasteiger partial charge in [-0.3, -0.25) is 9.59 Å². The summed E-state index contributed by atoms with van der Waals surface area (Å²) < 4.78 is 9.56. The number of amides is 4. The molecule has 2 aliphatic heterocycles. The van der Waals surface area contributed by atoms with E-state index in [2.05, 4.69) is 10.1 Å². The van der Waals surface area contributed by atoms with Crippen molar-refractivity contribution in [3.05, 3.63) is 24.3 Å². The Bertz CT molecular complexity index is 749. The zero-order chi connectivity index (χ0) is 18.1. The van der Waals surface area contributed by atoms with Crippen LogP contribution >= 0.6 is 0 Å². The van der Waals surface area contributed by atoms with Crippen LogP contribution in [0.3, 0.4) is 0 Å². The summed E-state index contributed by atoms with van der Waals surface area (Å²) in [6, 6.07) is 4.40. The second-order valence-electron chi connectivity index (χ2n) is 5.65. The number of carbonyl (C=O) groups excluding carboxylic acids is 4. The highest BCUT2D eigenvalue weighted by atomic mass is 16.5. The molecule has 1 N–H and O–H groups in total. The molecule has 0 bridgehead atoms. The molecule has 2 fully saturated rings. The van der Waals surface area contributed by atoms with E-state index in [9.17, 15) is 19.2 Å². The third kappa shape index (κ3) is 2.77. The van der Waals surface area contributed by atoms with Gasteiger partial charge in [0, 0.05) is 12.6 Å². The van der Waals surface area contributed by atoms with E-state index in [1.54, 1.807) is 24.3 Å². The Balaban J connectivity index is 1.92. The summed E-state index contributed by atoms with van der Waals surface area (Å²) in [5, 5.41) is 2.72. The van der Waals surface area contributed by atoms with Gasteiger partial charge in [-0.15, -0.1) is 0 Å². The molecule has 9 heteroatoms. The van der Waals surface area contributed by atoms with Crippen LogP contribution in [0.1, 0.15) is 6.42 Å². The van der Waals surface area contributed by atoms with Crippen LogP contribution in [0.25, 0.3) is 0 Å². The number of carbonyl (C=O) groups is 4. The second kappa shape index (κ2) is 6.42. The van der Waals surface area contributed by atoms with Crippen molar-refractivity contribution < 1.29 is 28.7 Å². The van der Waals surface area contributed by atoms with Gasteiger partial charge in [0.25, 0.3) is 5.91 Å². The van der Waals surface area contributed by atoms with Crippen molar-refractivity contribution in [2.45, 2.75) is 18.5 Å². The first-order valence-corrected chi connectivity index (χ1v) is 7.65. The number of esters is 1. The molecule has 0 saturated carbocycles. The van der Waals surface area contributed by atoms with Crippen molar-refractivity contribution in [1.82, 2.24) is 10.2 Å². The predicted molar refractivity (Wildman–Crippen MR) is 84.9 cm³/mol. The number of likely N-dealkylation sites (tertiary alicyclic amines) is 1. The third-order valence-electron chi connectivity index (χ3n) is 4.32. The van der Waals surface area contributed by atoms with Crippen molar-refractivity contribution in [3.63, 3.8) is 0 Å². The Morgan fingerprint density at radius 3 is 2.68 bits per heavy atom. The molecule has 2 saturated heterocycles. The number of ether oxygens (including phenoxy) is 2. The number of hydrogen-bond donors (Lipinski definition) is 1. The molecule has 0 aliphatic carbocycles. The zero-order valence-electron chi connectivity index (χ0n) is 13.7. The van der Waals surface area contributed by atoms with Crippen LogP contribution in [0, 0.1) is 0 Å². The Morgan fingerprint density at radius 2 is 2.00 bits per heavy atom. The molecule has 2 unspecified atom stereocenters. The predicted octanol–water partition coefficient (Wildman–Crippen LogP) is -0.106. The highest BCUT2D eigenvalue weighted by molar-refractivity contribution is 6.33. The van der Waals surface area contributed by atoms with Gasteiger partial charge in [0.15, 0.2) is 0 Å². The molecule has 132 valence electrons. The molecule has 4 amide bonds. The fourth-order valence-corrected chi connectivity index (χ4v) is 3.13. The Kier molecular flexibility index (Phi) is 4.30. The van der Waals surface area contributed by atoms with Gasteiger partial charge in [-0.25, -0.2) is 14.5 Å². The molecule has 0 radical (unpaired) electrons. The van der Waals surface area contributed by atoms with E-state index >= 15 is 0 Å². The Labute approximate surface area is 143 Å². The van der Waals surface area contributed by atoms with Crippen LogP contribution in [-0.4, -0.2) is 61.6 Å². The van der Waals surface area contributed by atoms with Crippen LogP contribution in [0.2, 0.25) is 0 Å². The smallest absolute Gasteiger partial charge is 0.396 e. The molecule has 2 heterocycles. The van der Waals surface area contributed by atoms with Crippen molar-refractivity contribution in [1.29, 1.82) is 0 Å². The molecule has 1 aromatic carbocycles. The largest absolute Gasteiger partial charge is 0.497 e. The van der Waals surface area contributed by atoms with Crippen LogP contribution < -0.4 is 15.0 Å². The van der Waals surface area contributed by atoms with E-state index in [0.717, 1.165) is 16.9 Å². The summed E-state index contributed by atoms with van der Waals surface area (Å²) in [6.07, 6.45) is 0.386. The Morgan fingerprint density at radius 1 is 1.24 bits per heavy atom. The highest BCUT2D eigenvalue weighted by Crippen LogP contribution is 2.29. The van der Waals surface area contributed by atoms with Crippen molar-refractivity contribution in [2.24, 2.45) is 0 Å². The number of rotatable bonds is 2. The number of urea groups is 1. The summed E-state index contributed by atoms with van der Waals surface area (Å²) in [7, 11) is 2.57. The molecule has 3 rings (SSSR count). The third-order valence-corrected chi connectivity index (χ3v) is 4.32. The molecule has 1 aromatic rings. The fourth-order valence-electron chi connectivity index (χ4n) is 3.13. The van der Waals surface area contributed by atoms with E-state index in [1.807, 2.05) is 0 Å². The van der Waals surface area contributed by atoms with E-state index in [4.69, 9.17) is 4.74 Å². The monoisotopic (exact) mass is 347 g/mol. The van der Waals surface area contributed by atoms with E-state index < -0.39 is 35.9 Å². The lowest BCUT2D eigenvalue weighted by Gasteiger charge is -2.36. The summed E-state index contributed by atoms with van der Waals surface area (Å²) in [4.78, 5) is 51.1. The topological polar surface area (TPSA) is 105 Å². The summed E-state index contributed by atoms with van der Waals surface area (Å²) >= 11 is 0. The number of imide groups is 1. The molecular weight excluding hydrogens is 330 g/mol. The minimum absolute atomic E-state index is 0.182. The first kappa shape index (κ1) is 16.7. The molecular formula is C16H17N3O6. The van der Waals surface area contributed by atoms with Crippen molar-refractivity contribution >= 4 is 29.5 Å². The maximum absolute atomic E-state index is 12.9. The van der Waals surface area contributed by atoms with Gasteiger partial charge >= 0.3 is 17.9 Å². The van der Waals surface area contributed by atoms with Gasteiger partial charge in [0.1, 0.15) is 11.8 Å². The van der Waals surface area contributed by atoms with Gasteiger partial charge in [-0.05, 0) is 18.6 Å². The summed E-state index contributed by atoms with van der Waals surface area (Å²) in [5.41, 5.74) is 0.317. The van der Waals surface area contributed by atoms with E-state index in [-0.39, 0.29) is 6.54 Å². The molecule has 0 spiro atoms. The average Bonchev–Trinajstić information content (AvgIpc) is 3.04. The first-order chi connectivity index (χ1) is 12.0. The lowest BCUT2D eigenvalue weighted by atomic mass is 10.0. The van der Waals surface area contributed by atoms with Crippen molar-refractivity contribution in [3.8, 4) is 5.75 Å². The number of fused-ring (bicyclic) bond motifs is 1. The van der Waals surface area contributed by atoms with Gasteiger partial charge in [0.2, 0.25) is 0 Å². The van der Waals surface area contributed by atoms with Crippen LogP contribution in [-0.2, 0) is 19.1 Å². The molecule has 25 heavy (non-hydrogen) atoms.